The van der Waals surface area contributed by atoms with Gasteiger partial charge >= 0.3 is 0 Å². The maximum Gasteiger partial charge on any atom is 0.243 e. The lowest BCUT2D eigenvalue weighted by Crippen LogP contribution is -2.47. The first-order valence-corrected chi connectivity index (χ1v) is 12.7. The van der Waals surface area contributed by atoms with E-state index in [1.165, 1.54) is 0 Å². The van der Waals surface area contributed by atoms with Crippen LogP contribution in [0.3, 0.4) is 0 Å². The number of amides is 2. The van der Waals surface area contributed by atoms with Crippen molar-refractivity contribution in [2.45, 2.75) is 24.9 Å². The Bertz CT molecular complexity index is 1270. The molecule has 4 rings (SSSR count). The van der Waals surface area contributed by atoms with Crippen LogP contribution in [-0.2, 0) is 21.0 Å². The van der Waals surface area contributed by atoms with Crippen molar-refractivity contribution in [2.75, 3.05) is 27.4 Å². The average molecular weight is 528 g/mol. The van der Waals surface area contributed by atoms with Crippen LogP contribution in [0.15, 0.2) is 96.7 Å². The molecule has 0 unspecified atom stereocenters. The molecule has 0 aliphatic carbocycles. The van der Waals surface area contributed by atoms with Gasteiger partial charge in [-0.2, -0.15) is 0 Å². The van der Waals surface area contributed by atoms with E-state index in [0.29, 0.717) is 17.2 Å². The summed E-state index contributed by atoms with van der Waals surface area (Å²) in [7, 11) is 3.13. The van der Waals surface area contributed by atoms with Crippen LogP contribution >= 0.6 is 0 Å². The molecule has 0 aromatic heterocycles. The lowest BCUT2D eigenvalue weighted by molar-refractivity contribution is -0.138. The molecular formula is C31H33N3O5. The summed E-state index contributed by atoms with van der Waals surface area (Å²) >= 11 is 0. The van der Waals surface area contributed by atoms with E-state index in [2.05, 4.69) is 17.1 Å². The minimum absolute atomic E-state index is 0.174. The van der Waals surface area contributed by atoms with Crippen LogP contribution in [0.1, 0.15) is 29.0 Å². The van der Waals surface area contributed by atoms with Crippen molar-refractivity contribution < 1.29 is 23.9 Å². The third-order valence-corrected chi connectivity index (χ3v) is 6.56. The van der Waals surface area contributed by atoms with E-state index < -0.39 is 12.0 Å². The number of carbonyl (C=O) groups is 2. The van der Waals surface area contributed by atoms with Crippen LogP contribution in [0, 0.1) is 0 Å². The largest absolute Gasteiger partial charge is 0.493 e. The van der Waals surface area contributed by atoms with Crippen LogP contribution in [0.25, 0.3) is 0 Å². The zero-order valence-electron chi connectivity index (χ0n) is 22.2. The Morgan fingerprint density at radius 2 is 1.64 bits per heavy atom. The summed E-state index contributed by atoms with van der Waals surface area (Å²) in [6, 6.07) is 23.9. The summed E-state index contributed by atoms with van der Waals surface area (Å²) < 4.78 is 10.7. The fourth-order valence-corrected chi connectivity index (χ4v) is 4.65. The van der Waals surface area contributed by atoms with Gasteiger partial charge < -0.3 is 24.5 Å². The van der Waals surface area contributed by atoms with Crippen LogP contribution < -0.4 is 14.8 Å². The average Bonchev–Trinajstić information content (AvgIpc) is 3.41. The first-order chi connectivity index (χ1) is 19.0. The van der Waals surface area contributed by atoms with Crippen molar-refractivity contribution >= 4 is 17.5 Å². The quantitative estimate of drug-likeness (QED) is 0.228. The van der Waals surface area contributed by atoms with Crippen molar-refractivity contribution in [2.24, 2.45) is 5.16 Å². The van der Waals surface area contributed by atoms with Crippen molar-refractivity contribution in [3.05, 3.63) is 108 Å². The molecule has 2 amide bonds. The predicted molar refractivity (Wildman–Crippen MR) is 150 cm³/mol. The van der Waals surface area contributed by atoms with Crippen LogP contribution in [0.5, 0.6) is 11.5 Å². The minimum Gasteiger partial charge on any atom is -0.493 e. The maximum absolute atomic E-state index is 14.2. The lowest BCUT2D eigenvalue weighted by atomic mass is 9.90. The first kappa shape index (κ1) is 27.4. The number of hydrogen-bond acceptors (Lipinski definition) is 6. The molecule has 1 heterocycles. The van der Waals surface area contributed by atoms with Gasteiger partial charge in [-0.15, -0.1) is 0 Å². The normalized spacial score (nSPS) is 15.7. The minimum atomic E-state index is -0.737. The van der Waals surface area contributed by atoms with E-state index >= 15 is 0 Å². The molecule has 1 saturated heterocycles. The summed E-state index contributed by atoms with van der Waals surface area (Å²) in [6.45, 7) is 4.34. The van der Waals surface area contributed by atoms with Gasteiger partial charge in [0.25, 0.3) is 0 Å². The molecule has 202 valence electrons. The molecule has 0 spiro atoms. The van der Waals surface area contributed by atoms with E-state index in [9.17, 15) is 9.59 Å². The number of oxime groups is 1. The van der Waals surface area contributed by atoms with Crippen LogP contribution in [0.4, 0.5) is 0 Å². The second-order valence-electron chi connectivity index (χ2n) is 9.09. The molecule has 1 atom stereocenters. The summed E-state index contributed by atoms with van der Waals surface area (Å²) in [5.74, 6) is 0.166. The second-order valence-corrected chi connectivity index (χ2v) is 9.09. The summed E-state index contributed by atoms with van der Waals surface area (Å²) in [5.41, 5.74) is 3.17. The lowest BCUT2D eigenvalue weighted by Gasteiger charge is -2.28. The van der Waals surface area contributed by atoms with E-state index in [-0.39, 0.29) is 37.9 Å². The molecular weight excluding hydrogens is 494 g/mol. The van der Waals surface area contributed by atoms with Crippen molar-refractivity contribution in [1.82, 2.24) is 10.2 Å². The zero-order valence-corrected chi connectivity index (χ0v) is 22.2. The van der Waals surface area contributed by atoms with Crippen molar-refractivity contribution in [3.8, 4) is 11.5 Å². The fourth-order valence-electron chi connectivity index (χ4n) is 4.65. The highest BCUT2D eigenvalue weighted by Gasteiger charge is 2.41. The number of likely N-dealkylation sites (tertiary alicyclic amines) is 1. The van der Waals surface area contributed by atoms with Crippen molar-refractivity contribution in [1.29, 1.82) is 0 Å². The van der Waals surface area contributed by atoms with Gasteiger partial charge in [0, 0.05) is 13.0 Å². The molecule has 1 N–H and O–H groups in total. The number of benzene rings is 3. The highest BCUT2D eigenvalue weighted by atomic mass is 16.6. The molecule has 3 aromatic rings. The van der Waals surface area contributed by atoms with E-state index in [0.717, 1.165) is 16.7 Å². The number of nitrogens with one attached hydrogen (secondary N) is 1. The number of hydrogen-bond donors (Lipinski definition) is 1. The SMILES string of the molecule is C=CCO/N=C1\C[C@@H](C(=O)NCc2ccc(OC)c(OC)c2)N(C(=O)C(c2ccccc2)c2ccccc2)C1. The van der Waals surface area contributed by atoms with Gasteiger partial charge in [-0.1, -0.05) is 84.5 Å². The number of ether oxygens (including phenoxy) is 2. The smallest absolute Gasteiger partial charge is 0.243 e. The van der Waals surface area contributed by atoms with E-state index in [4.69, 9.17) is 14.3 Å². The summed E-state index contributed by atoms with van der Waals surface area (Å²) in [4.78, 5) is 34.6. The van der Waals surface area contributed by atoms with Gasteiger partial charge in [-0.25, -0.2) is 0 Å². The van der Waals surface area contributed by atoms with Crippen LogP contribution in [0.2, 0.25) is 0 Å². The van der Waals surface area contributed by atoms with Gasteiger partial charge in [0.1, 0.15) is 12.6 Å². The third kappa shape index (κ3) is 6.65. The zero-order chi connectivity index (χ0) is 27.6. The molecule has 3 aromatic carbocycles. The number of rotatable bonds is 11. The fraction of sp³-hybridized carbons (Fsp3) is 0.258. The monoisotopic (exact) mass is 527 g/mol. The number of methoxy groups -OCH3 is 2. The highest BCUT2D eigenvalue weighted by molar-refractivity contribution is 6.02. The molecule has 1 aliphatic heterocycles. The Morgan fingerprint density at radius 1 is 1.00 bits per heavy atom. The summed E-state index contributed by atoms with van der Waals surface area (Å²) in [6.07, 6.45) is 1.87. The van der Waals surface area contributed by atoms with Crippen molar-refractivity contribution in [3.63, 3.8) is 0 Å². The Kier molecular flexibility index (Phi) is 9.34. The topological polar surface area (TPSA) is 89.5 Å². The van der Waals surface area contributed by atoms with E-state index in [1.54, 1.807) is 31.3 Å². The molecule has 1 fully saturated rings. The first-order valence-electron chi connectivity index (χ1n) is 12.7. The molecule has 39 heavy (non-hydrogen) atoms. The standard InChI is InChI=1S/C31H33N3O5/c1-4-17-39-33-25-19-26(30(35)32-20-22-15-16-27(37-2)28(18-22)38-3)34(21-25)31(36)29(23-11-7-5-8-12-23)24-13-9-6-10-14-24/h4-16,18,26,29H,1,17,19-21H2,2-3H3,(H,32,35)/b33-25+/t26-/m0/s1. The number of carbonyl (C=O) groups excluding carboxylic acids is 2. The number of nitrogens with zero attached hydrogens (tertiary/aromatic N) is 2. The van der Waals surface area contributed by atoms with Gasteiger partial charge in [-0.3, -0.25) is 9.59 Å². The van der Waals surface area contributed by atoms with Crippen LogP contribution in [-0.4, -0.2) is 55.8 Å². The Labute approximate surface area is 228 Å². The molecule has 8 heteroatoms. The molecule has 0 radical (unpaired) electrons. The summed E-state index contributed by atoms with van der Waals surface area (Å²) in [5, 5.41) is 7.16. The van der Waals surface area contributed by atoms with Gasteiger partial charge in [0.2, 0.25) is 11.8 Å². The van der Waals surface area contributed by atoms with E-state index in [1.807, 2.05) is 72.8 Å². The molecule has 1 aliphatic rings. The Balaban J connectivity index is 1.59. The Hall–Kier alpha value is -4.59. The molecule has 8 nitrogen and oxygen atoms in total. The Morgan fingerprint density at radius 3 is 2.23 bits per heavy atom. The predicted octanol–water partition coefficient (Wildman–Crippen LogP) is 4.31. The van der Waals surface area contributed by atoms with Gasteiger partial charge in [-0.05, 0) is 28.8 Å². The molecule has 0 bridgehead atoms. The third-order valence-electron chi connectivity index (χ3n) is 6.56. The van der Waals surface area contributed by atoms with Gasteiger partial charge in [0.05, 0.1) is 32.4 Å². The highest BCUT2D eigenvalue weighted by Crippen LogP contribution is 2.31. The second kappa shape index (κ2) is 13.3. The molecule has 0 saturated carbocycles. The maximum atomic E-state index is 14.2. The van der Waals surface area contributed by atoms with Gasteiger partial charge in [0.15, 0.2) is 11.5 Å².